The van der Waals surface area contributed by atoms with Gasteiger partial charge in [-0.1, -0.05) is 55.1 Å². The number of carbonyl (C=O) groups is 1. The van der Waals surface area contributed by atoms with Crippen molar-refractivity contribution in [2.75, 3.05) is 11.9 Å². The number of unbranched alkanes of at least 4 members (excludes halogenated alkanes) is 2. The summed E-state index contributed by atoms with van der Waals surface area (Å²) in [5.74, 6) is 0.250. The average molecular weight is 500 g/mol. The summed E-state index contributed by atoms with van der Waals surface area (Å²) in [5, 5.41) is 13.8. The summed E-state index contributed by atoms with van der Waals surface area (Å²) in [6, 6.07) is 14.5. The maximum atomic E-state index is 12.6. The molecule has 33 heavy (non-hydrogen) atoms. The van der Waals surface area contributed by atoms with E-state index in [1.165, 1.54) is 17.4 Å². The number of nitriles is 1. The normalized spacial score (nSPS) is 11.2. The van der Waals surface area contributed by atoms with Crippen LogP contribution >= 0.6 is 34.5 Å². The summed E-state index contributed by atoms with van der Waals surface area (Å²) in [4.78, 5) is 17.7. The van der Waals surface area contributed by atoms with Crippen molar-refractivity contribution < 1.29 is 9.53 Å². The average Bonchev–Trinajstić information content (AvgIpc) is 3.25. The Kier molecular flexibility index (Phi) is 9.32. The molecule has 0 aliphatic rings. The summed E-state index contributed by atoms with van der Waals surface area (Å²) in [6.45, 7) is 2.82. The lowest BCUT2D eigenvalue weighted by molar-refractivity contribution is -0.112. The molecule has 1 aromatic heterocycles. The second kappa shape index (κ2) is 12.4. The van der Waals surface area contributed by atoms with Crippen molar-refractivity contribution in [1.29, 1.82) is 5.26 Å². The fourth-order valence-corrected chi connectivity index (χ4v) is 4.21. The number of hydrogen-bond donors (Lipinski definition) is 1. The van der Waals surface area contributed by atoms with E-state index in [0.29, 0.717) is 28.2 Å². The molecule has 1 N–H and O–H groups in total. The Labute approximate surface area is 207 Å². The standard InChI is InChI=1S/C25H23Cl2N3O2S/c1-2-3-4-11-32-21-8-5-17(6-9-21)12-19(15-28)24(31)30-25-29-16-22(33-25)14-18-13-20(26)7-10-23(18)27/h5-10,12-13,16H,2-4,11,14H2,1H3,(H,29,30,31)/b19-12+. The van der Waals surface area contributed by atoms with Gasteiger partial charge in [0.1, 0.15) is 17.4 Å². The van der Waals surface area contributed by atoms with Crippen LogP contribution in [0, 0.1) is 11.3 Å². The van der Waals surface area contributed by atoms with E-state index < -0.39 is 5.91 Å². The molecule has 8 heteroatoms. The molecule has 0 saturated heterocycles. The molecular formula is C25H23Cl2N3O2S. The van der Waals surface area contributed by atoms with E-state index in [1.807, 2.05) is 30.3 Å². The van der Waals surface area contributed by atoms with E-state index in [2.05, 4.69) is 17.2 Å². The van der Waals surface area contributed by atoms with Crippen molar-refractivity contribution in [2.45, 2.75) is 32.6 Å². The summed E-state index contributed by atoms with van der Waals surface area (Å²) < 4.78 is 5.69. The predicted molar refractivity (Wildman–Crippen MR) is 135 cm³/mol. The Morgan fingerprint density at radius 3 is 2.73 bits per heavy atom. The molecule has 0 saturated carbocycles. The topological polar surface area (TPSA) is 75.0 Å². The molecule has 0 bridgehead atoms. The smallest absolute Gasteiger partial charge is 0.268 e. The zero-order valence-electron chi connectivity index (χ0n) is 18.1. The molecular weight excluding hydrogens is 477 g/mol. The molecule has 2 aromatic carbocycles. The summed E-state index contributed by atoms with van der Waals surface area (Å²) in [7, 11) is 0. The van der Waals surface area contributed by atoms with Gasteiger partial charge in [-0.3, -0.25) is 10.1 Å². The molecule has 5 nitrogen and oxygen atoms in total. The molecule has 0 fully saturated rings. The fraction of sp³-hybridized carbons (Fsp3) is 0.240. The summed E-state index contributed by atoms with van der Waals surface area (Å²) >= 11 is 13.6. The second-order valence-electron chi connectivity index (χ2n) is 7.29. The number of aromatic nitrogens is 1. The van der Waals surface area contributed by atoms with Crippen molar-refractivity contribution >= 4 is 51.7 Å². The largest absolute Gasteiger partial charge is 0.494 e. The minimum Gasteiger partial charge on any atom is -0.494 e. The van der Waals surface area contributed by atoms with Crippen molar-refractivity contribution in [1.82, 2.24) is 4.98 Å². The van der Waals surface area contributed by atoms with Crippen LogP contribution in [0.3, 0.4) is 0 Å². The van der Waals surface area contributed by atoms with Gasteiger partial charge in [-0.05, 0) is 54.0 Å². The highest BCUT2D eigenvalue weighted by molar-refractivity contribution is 7.15. The first-order valence-corrected chi connectivity index (χ1v) is 12.1. The van der Waals surface area contributed by atoms with Gasteiger partial charge in [0, 0.05) is 27.5 Å². The second-order valence-corrected chi connectivity index (χ2v) is 9.25. The number of benzene rings is 2. The van der Waals surface area contributed by atoms with Crippen LogP contribution in [0.15, 0.2) is 54.2 Å². The van der Waals surface area contributed by atoms with Gasteiger partial charge in [0.25, 0.3) is 5.91 Å². The lowest BCUT2D eigenvalue weighted by Gasteiger charge is -2.06. The van der Waals surface area contributed by atoms with Gasteiger partial charge in [-0.15, -0.1) is 11.3 Å². The molecule has 0 atom stereocenters. The van der Waals surface area contributed by atoms with Crippen LogP contribution < -0.4 is 10.1 Å². The number of rotatable bonds is 10. The fourth-order valence-electron chi connectivity index (χ4n) is 3.00. The maximum absolute atomic E-state index is 12.6. The number of nitrogens with one attached hydrogen (secondary N) is 1. The third-order valence-corrected chi connectivity index (χ3v) is 6.24. The minimum absolute atomic E-state index is 0.0127. The number of nitrogens with zero attached hydrogens (tertiary/aromatic N) is 2. The van der Waals surface area contributed by atoms with Gasteiger partial charge < -0.3 is 4.74 Å². The Hall–Kier alpha value is -2.85. The Morgan fingerprint density at radius 2 is 2.00 bits per heavy atom. The number of hydrogen-bond acceptors (Lipinski definition) is 5. The molecule has 0 aliphatic heterocycles. The first-order chi connectivity index (χ1) is 16.0. The van der Waals surface area contributed by atoms with Crippen molar-refractivity contribution in [3.63, 3.8) is 0 Å². The van der Waals surface area contributed by atoms with Gasteiger partial charge in [-0.25, -0.2) is 4.98 Å². The monoisotopic (exact) mass is 499 g/mol. The van der Waals surface area contributed by atoms with Crippen LogP contribution in [-0.2, 0) is 11.2 Å². The number of halogens is 2. The molecule has 1 heterocycles. The van der Waals surface area contributed by atoms with Gasteiger partial charge >= 0.3 is 0 Å². The first-order valence-electron chi connectivity index (χ1n) is 10.5. The van der Waals surface area contributed by atoms with E-state index >= 15 is 0 Å². The molecule has 3 rings (SSSR count). The zero-order valence-corrected chi connectivity index (χ0v) is 20.4. The van der Waals surface area contributed by atoms with Gasteiger partial charge in [0.15, 0.2) is 5.13 Å². The molecule has 0 radical (unpaired) electrons. The van der Waals surface area contributed by atoms with E-state index in [9.17, 15) is 10.1 Å². The summed E-state index contributed by atoms with van der Waals surface area (Å²) in [5.41, 5.74) is 1.60. The highest BCUT2D eigenvalue weighted by Gasteiger charge is 2.13. The Morgan fingerprint density at radius 1 is 1.21 bits per heavy atom. The van der Waals surface area contributed by atoms with E-state index in [0.717, 1.165) is 41.0 Å². The van der Waals surface area contributed by atoms with Crippen molar-refractivity contribution in [3.8, 4) is 11.8 Å². The molecule has 0 unspecified atom stereocenters. The molecule has 170 valence electrons. The van der Waals surface area contributed by atoms with Gasteiger partial charge in [0.05, 0.1) is 6.61 Å². The molecule has 3 aromatic rings. The van der Waals surface area contributed by atoms with Crippen molar-refractivity contribution in [3.05, 3.63) is 80.3 Å². The third kappa shape index (κ3) is 7.61. The predicted octanol–water partition coefficient (Wildman–Crippen LogP) is 7.16. The van der Waals surface area contributed by atoms with Crippen LogP contribution in [0.5, 0.6) is 5.75 Å². The maximum Gasteiger partial charge on any atom is 0.268 e. The minimum atomic E-state index is -0.515. The van der Waals surface area contributed by atoms with Crippen LogP contribution in [-0.4, -0.2) is 17.5 Å². The third-order valence-electron chi connectivity index (χ3n) is 4.72. The van der Waals surface area contributed by atoms with E-state index in [-0.39, 0.29) is 5.57 Å². The lowest BCUT2D eigenvalue weighted by Crippen LogP contribution is -2.13. The van der Waals surface area contributed by atoms with Crippen LogP contribution in [0.25, 0.3) is 6.08 Å². The van der Waals surface area contributed by atoms with Crippen molar-refractivity contribution in [2.24, 2.45) is 0 Å². The quantitative estimate of drug-likeness (QED) is 0.182. The Balaban J connectivity index is 1.61. The van der Waals surface area contributed by atoms with E-state index in [1.54, 1.807) is 24.4 Å². The molecule has 1 amide bonds. The number of carbonyl (C=O) groups excluding carboxylic acids is 1. The zero-order chi connectivity index (χ0) is 23.6. The lowest BCUT2D eigenvalue weighted by atomic mass is 10.1. The highest BCUT2D eigenvalue weighted by atomic mass is 35.5. The first kappa shape index (κ1) is 24.8. The van der Waals surface area contributed by atoms with Gasteiger partial charge in [0.2, 0.25) is 0 Å². The number of thiazole rings is 1. The van der Waals surface area contributed by atoms with Gasteiger partial charge in [-0.2, -0.15) is 5.26 Å². The SMILES string of the molecule is CCCCCOc1ccc(/C=C(\C#N)C(=O)Nc2ncc(Cc3cc(Cl)ccc3Cl)s2)cc1. The van der Waals surface area contributed by atoms with E-state index in [4.69, 9.17) is 27.9 Å². The highest BCUT2D eigenvalue weighted by Crippen LogP contribution is 2.27. The number of amides is 1. The van der Waals surface area contributed by atoms with Crippen LogP contribution in [0.2, 0.25) is 10.0 Å². The van der Waals surface area contributed by atoms with Crippen LogP contribution in [0.4, 0.5) is 5.13 Å². The number of ether oxygens (including phenoxy) is 1. The van der Waals surface area contributed by atoms with Crippen LogP contribution in [0.1, 0.15) is 42.2 Å². The molecule has 0 spiro atoms. The molecule has 0 aliphatic carbocycles. The summed E-state index contributed by atoms with van der Waals surface area (Å²) in [6.07, 6.45) is 7.05. The Bertz CT molecular complexity index is 1170. The number of anilines is 1.